The Balaban J connectivity index is 1.52. The minimum absolute atomic E-state index is 0.117. The molecule has 0 radical (unpaired) electrons. The van der Waals surface area contributed by atoms with Crippen LogP contribution in [0.3, 0.4) is 0 Å². The van der Waals surface area contributed by atoms with E-state index in [1.165, 1.54) is 11.3 Å². The number of benzene rings is 1. The Morgan fingerprint density at radius 2 is 2.10 bits per heavy atom. The minimum Gasteiger partial charge on any atom is -0.465 e. The number of nitrogens with one attached hydrogen (secondary N) is 1. The zero-order chi connectivity index (χ0) is 21.2. The first-order valence-corrected chi connectivity index (χ1v) is 12.7. The number of hydrogen-bond acceptors (Lipinski definition) is 6. The molecule has 2 heterocycles. The van der Waals surface area contributed by atoms with E-state index in [4.69, 9.17) is 4.74 Å². The average molecular weight is 450 g/mol. The van der Waals surface area contributed by atoms with Crippen LogP contribution in [0, 0.1) is 6.92 Å². The van der Waals surface area contributed by atoms with Crippen molar-refractivity contribution in [3.63, 3.8) is 0 Å². The second kappa shape index (κ2) is 8.64. The number of hydrogen-bond donors (Lipinski definition) is 1. The van der Waals surface area contributed by atoms with Gasteiger partial charge in [0, 0.05) is 24.5 Å². The average Bonchev–Trinajstić information content (AvgIpc) is 3.40. The van der Waals surface area contributed by atoms with Crippen molar-refractivity contribution in [3.05, 3.63) is 41.4 Å². The molecule has 162 valence electrons. The second-order valence-corrected chi connectivity index (χ2v) is 10.7. The minimum atomic E-state index is -3.81. The summed E-state index contributed by atoms with van der Waals surface area (Å²) in [6.07, 6.45) is 5.99. The van der Waals surface area contributed by atoms with Crippen molar-refractivity contribution in [1.29, 1.82) is 0 Å². The predicted octanol–water partition coefficient (Wildman–Crippen LogP) is 3.11. The largest absolute Gasteiger partial charge is 0.465 e. The molecule has 2 aromatic rings. The molecule has 9 heteroatoms. The van der Waals surface area contributed by atoms with Crippen molar-refractivity contribution in [1.82, 2.24) is 14.6 Å². The van der Waals surface area contributed by atoms with Crippen molar-refractivity contribution in [2.24, 2.45) is 0 Å². The van der Waals surface area contributed by atoms with Gasteiger partial charge in [-0.2, -0.15) is 4.72 Å². The van der Waals surface area contributed by atoms with Gasteiger partial charge in [-0.1, -0.05) is 42.7 Å². The number of nitrogens with zero attached hydrogens (tertiary/aromatic N) is 2. The number of carbonyl (C=O) groups is 1. The lowest BCUT2D eigenvalue weighted by atomic mass is 9.81. The summed E-state index contributed by atoms with van der Waals surface area (Å²) in [5.41, 5.74) is -0.222. The highest BCUT2D eigenvalue weighted by Crippen LogP contribution is 2.33. The van der Waals surface area contributed by atoms with E-state index in [2.05, 4.69) is 9.71 Å². The van der Waals surface area contributed by atoms with Crippen molar-refractivity contribution in [2.75, 3.05) is 13.1 Å². The molecule has 1 aliphatic carbocycles. The number of thiazole rings is 1. The highest BCUT2D eigenvalue weighted by atomic mass is 32.2. The molecule has 1 unspecified atom stereocenters. The van der Waals surface area contributed by atoms with Crippen LogP contribution in [-0.2, 0) is 14.8 Å². The fourth-order valence-corrected chi connectivity index (χ4v) is 6.41. The SMILES string of the molecule is Cc1cccc(S(=O)(=O)NC2(C(=O)N3CCC(Oc4nccs4)C3)CCCCC2)c1. The molecule has 1 atom stereocenters. The number of likely N-dealkylation sites (tertiary alicyclic amines) is 1. The molecule has 1 N–H and O–H groups in total. The summed E-state index contributed by atoms with van der Waals surface area (Å²) in [5, 5.41) is 2.45. The molecule has 4 rings (SSSR count). The van der Waals surface area contributed by atoms with Crippen LogP contribution in [0.5, 0.6) is 5.19 Å². The highest BCUT2D eigenvalue weighted by molar-refractivity contribution is 7.89. The summed E-state index contributed by atoms with van der Waals surface area (Å²) in [7, 11) is -3.81. The third kappa shape index (κ3) is 4.53. The fraction of sp³-hybridized carbons (Fsp3) is 0.524. The number of sulfonamides is 1. The van der Waals surface area contributed by atoms with E-state index >= 15 is 0 Å². The van der Waals surface area contributed by atoms with E-state index in [0.717, 1.165) is 24.8 Å². The number of aryl methyl sites for hydroxylation is 1. The quantitative estimate of drug-likeness (QED) is 0.732. The molecule has 1 aromatic carbocycles. The van der Waals surface area contributed by atoms with Gasteiger partial charge in [0.25, 0.3) is 5.19 Å². The molecule has 2 fully saturated rings. The van der Waals surface area contributed by atoms with E-state index in [-0.39, 0.29) is 16.9 Å². The Labute approximate surface area is 181 Å². The third-order valence-corrected chi connectivity index (χ3v) is 8.05. The topological polar surface area (TPSA) is 88.6 Å². The van der Waals surface area contributed by atoms with Crippen LogP contribution in [0.15, 0.2) is 40.7 Å². The molecule has 1 saturated carbocycles. The Morgan fingerprint density at radius 1 is 1.30 bits per heavy atom. The summed E-state index contributed by atoms with van der Waals surface area (Å²) >= 11 is 1.42. The first kappa shape index (κ1) is 21.3. The normalized spacial score (nSPS) is 21.5. The van der Waals surface area contributed by atoms with Crippen LogP contribution >= 0.6 is 11.3 Å². The summed E-state index contributed by atoms with van der Waals surface area (Å²) < 4.78 is 35.0. The molecule has 1 aliphatic heterocycles. The van der Waals surface area contributed by atoms with Crippen molar-refractivity contribution >= 4 is 27.3 Å². The highest BCUT2D eigenvalue weighted by Gasteiger charge is 2.46. The summed E-state index contributed by atoms with van der Waals surface area (Å²) in [5.74, 6) is -0.135. The van der Waals surface area contributed by atoms with Gasteiger partial charge in [0.15, 0.2) is 0 Å². The molecular weight excluding hydrogens is 422 g/mol. The molecule has 30 heavy (non-hydrogen) atoms. The summed E-state index contributed by atoms with van der Waals surface area (Å²) in [6, 6.07) is 6.79. The number of carbonyl (C=O) groups excluding carboxylic acids is 1. The summed E-state index contributed by atoms with van der Waals surface area (Å²) in [6.45, 7) is 2.86. The lowest BCUT2D eigenvalue weighted by molar-refractivity contribution is -0.138. The van der Waals surface area contributed by atoms with Gasteiger partial charge in [-0.3, -0.25) is 4.79 Å². The van der Waals surface area contributed by atoms with Gasteiger partial charge in [-0.05, 0) is 37.5 Å². The van der Waals surface area contributed by atoms with Crippen molar-refractivity contribution in [3.8, 4) is 5.19 Å². The van der Waals surface area contributed by atoms with Crippen LogP contribution in [0.1, 0.15) is 44.1 Å². The van der Waals surface area contributed by atoms with Gasteiger partial charge < -0.3 is 9.64 Å². The maximum atomic E-state index is 13.6. The Kier molecular flexibility index (Phi) is 6.13. The zero-order valence-corrected chi connectivity index (χ0v) is 18.7. The van der Waals surface area contributed by atoms with Crippen LogP contribution in [0.2, 0.25) is 0 Å². The van der Waals surface area contributed by atoms with Gasteiger partial charge in [0.1, 0.15) is 11.6 Å². The molecule has 0 spiro atoms. The van der Waals surface area contributed by atoms with E-state index in [1.54, 1.807) is 29.3 Å². The third-order valence-electron chi connectivity index (χ3n) is 5.86. The second-order valence-electron chi connectivity index (χ2n) is 8.14. The molecule has 2 aliphatic rings. The standard InChI is InChI=1S/C21H27N3O4S2/c1-16-6-5-7-18(14-16)30(26,27)23-21(9-3-2-4-10-21)19(25)24-12-8-17(15-24)28-20-22-11-13-29-20/h5-7,11,13-14,17,23H,2-4,8-10,12,15H2,1H3. The molecule has 1 saturated heterocycles. The number of aromatic nitrogens is 1. The molecule has 7 nitrogen and oxygen atoms in total. The first-order chi connectivity index (χ1) is 14.4. The van der Waals surface area contributed by atoms with Gasteiger partial charge in [0.05, 0.1) is 11.4 Å². The zero-order valence-electron chi connectivity index (χ0n) is 17.0. The fourth-order valence-electron chi connectivity index (χ4n) is 4.34. The van der Waals surface area contributed by atoms with E-state index in [1.807, 2.05) is 18.4 Å². The first-order valence-electron chi connectivity index (χ1n) is 10.3. The molecule has 1 aromatic heterocycles. The maximum absolute atomic E-state index is 13.6. The summed E-state index contributed by atoms with van der Waals surface area (Å²) in [4.78, 5) is 19.7. The predicted molar refractivity (Wildman–Crippen MR) is 115 cm³/mol. The molecular formula is C21H27N3O4S2. The Morgan fingerprint density at radius 3 is 2.80 bits per heavy atom. The lowest BCUT2D eigenvalue weighted by Crippen LogP contribution is -2.60. The van der Waals surface area contributed by atoms with Crippen molar-refractivity contribution < 1.29 is 17.9 Å². The smallest absolute Gasteiger partial charge is 0.273 e. The van der Waals surface area contributed by atoms with Crippen LogP contribution in [0.4, 0.5) is 0 Å². The molecule has 1 amide bonds. The number of ether oxygens (including phenoxy) is 1. The van der Waals surface area contributed by atoms with Gasteiger partial charge >= 0.3 is 0 Å². The van der Waals surface area contributed by atoms with Crippen LogP contribution in [-0.4, -0.2) is 48.9 Å². The van der Waals surface area contributed by atoms with E-state index < -0.39 is 15.6 Å². The van der Waals surface area contributed by atoms with E-state index in [9.17, 15) is 13.2 Å². The van der Waals surface area contributed by atoms with Gasteiger partial charge in [-0.25, -0.2) is 13.4 Å². The van der Waals surface area contributed by atoms with Crippen LogP contribution < -0.4 is 9.46 Å². The lowest BCUT2D eigenvalue weighted by Gasteiger charge is -2.39. The van der Waals surface area contributed by atoms with Gasteiger partial charge in [-0.15, -0.1) is 0 Å². The van der Waals surface area contributed by atoms with Crippen LogP contribution in [0.25, 0.3) is 0 Å². The van der Waals surface area contributed by atoms with Gasteiger partial charge in [0.2, 0.25) is 15.9 Å². The Bertz CT molecular complexity index is 985. The monoisotopic (exact) mass is 449 g/mol. The maximum Gasteiger partial charge on any atom is 0.273 e. The van der Waals surface area contributed by atoms with E-state index in [0.29, 0.717) is 37.5 Å². The molecule has 0 bridgehead atoms. The number of rotatable bonds is 6. The number of amides is 1. The van der Waals surface area contributed by atoms with Crippen molar-refractivity contribution in [2.45, 2.75) is 62.0 Å². The Hall–Kier alpha value is -1.97.